The lowest BCUT2D eigenvalue weighted by Crippen LogP contribution is -2.51. The highest BCUT2D eigenvalue weighted by atomic mass is 35.5. The van der Waals surface area contributed by atoms with Gasteiger partial charge in [-0.15, -0.1) is 0 Å². The number of anilines is 1. The highest BCUT2D eigenvalue weighted by Crippen LogP contribution is 2.29. The van der Waals surface area contributed by atoms with Gasteiger partial charge >= 0.3 is 0 Å². The second kappa shape index (κ2) is 13.7. The molecule has 2 amide bonds. The van der Waals surface area contributed by atoms with Gasteiger partial charge in [0.1, 0.15) is 12.6 Å². The van der Waals surface area contributed by atoms with Crippen molar-refractivity contribution in [1.29, 1.82) is 0 Å². The summed E-state index contributed by atoms with van der Waals surface area (Å²) in [5.41, 5.74) is 1.52. The van der Waals surface area contributed by atoms with Gasteiger partial charge in [-0.05, 0) is 67.3 Å². The molecule has 7 nitrogen and oxygen atoms in total. The summed E-state index contributed by atoms with van der Waals surface area (Å²) in [6.45, 7) is 7.10. The van der Waals surface area contributed by atoms with Crippen molar-refractivity contribution >= 4 is 62.3 Å². The molecule has 0 unspecified atom stereocenters. The smallest absolute Gasteiger partial charge is 0.264 e. The number of hydrogen-bond acceptors (Lipinski definition) is 4. The molecule has 214 valence electrons. The number of rotatable bonds is 11. The monoisotopic (exact) mass is 623 g/mol. The first-order valence-corrected chi connectivity index (χ1v) is 15.2. The number of benzene rings is 3. The van der Waals surface area contributed by atoms with Crippen LogP contribution in [0.3, 0.4) is 0 Å². The van der Waals surface area contributed by atoms with E-state index in [1.807, 2.05) is 13.8 Å². The van der Waals surface area contributed by atoms with Gasteiger partial charge < -0.3 is 10.2 Å². The van der Waals surface area contributed by atoms with Gasteiger partial charge in [0.15, 0.2) is 0 Å². The summed E-state index contributed by atoms with van der Waals surface area (Å²) in [5, 5.41) is 3.94. The van der Waals surface area contributed by atoms with Crippen LogP contribution in [-0.4, -0.2) is 44.3 Å². The largest absolute Gasteiger partial charge is 0.354 e. The number of amides is 2. The lowest BCUT2D eigenvalue weighted by molar-refractivity contribution is -0.139. The number of sulfonamides is 1. The number of aryl methyl sites for hydroxylation is 1. The quantitative estimate of drug-likeness (QED) is 0.270. The molecule has 1 atom stereocenters. The minimum Gasteiger partial charge on any atom is -0.354 e. The van der Waals surface area contributed by atoms with E-state index in [1.54, 1.807) is 62.4 Å². The van der Waals surface area contributed by atoms with E-state index in [1.165, 1.54) is 23.1 Å². The zero-order valence-corrected chi connectivity index (χ0v) is 25.8. The Labute approximate surface area is 251 Å². The summed E-state index contributed by atoms with van der Waals surface area (Å²) >= 11 is 18.8. The molecule has 0 aliphatic rings. The first-order valence-electron chi connectivity index (χ1n) is 12.7. The van der Waals surface area contributed by atoms with E-state index in [0.29, 0.717) is 27.2 Å². The van der Waals surface area contributed by atoms with Crippen molar-refractivity contribution in [3.63, 3.8) is 0 Å². The second-order valence-corrected chi connectivity index (χ2v) is 12.9. The van der Waals surface area contributed by atoms with Gasteiger partial charge in [-0.25, -0.2) is 8.42 Å². The fourth-order valence-corrected chi connectivity index (χ4v) is 5.92. The summed E-state index contributed by atoms with van der Waals surface area (Å²) in [5.74, 6) is -0.777. The SMILES string of the molecule is Cc1ccc(N(CC(=O)N(Cc2ccc(Cl)cc2Cl)[C@H](C)C(=O)NCC(C)C)S(=O)(=O)c2ccccc2)cc1Cl. The van der Waals surface area contributed by atoms with Gasteiger partial charge in [-0.3, -0.25) is 13.9 Å². The summed E-state index contributed by atoms with van der Waals surface area (Å²) in [4.78, 5) is 28.4. The average Bonchev–Trinajstić information content (AvgIpc) is 2.91. The van der Waals surface area contributed by atoms with Crippen molar-refractivity contribution in [3.8, 4) is 0 Å². The average molecular weight is 625 g/mol. The number of carbonyl (C=O) groups is 2. The van der Waals surface area contributed by atoms with Crippen LogP contribution in [0.4, 0.5) is 5.69 Å². The number of nitrogens with zero attached hydrogens (tertiary/aromatic N) is 2. The third-order valence-corrected chi connectivity index (χ3v) is 9.04. The van der Waals surface area contributed by atoms with Crippen molar-refractivity contribution in [1.82, 2.24) is 10.2 Å². The van der Waals surface area contributed by atoms with Crippen LogP contribution in [0.5, 0.6) is 0 Å². The van der Waals surface area contributed by atoms with E-state index in [0.717, 1.165) is 9.87 Å². The molecule has 0 aromatic heterocycles. The molecule has 0 bridgehead atoms. The van der Waals surface area contributed by atoms with Crippen molar-refractivity contribution in [2.75, 3.05) is 17.4 Å². The molecule has 0 aliphatic heterocycles. The Hall–Kier alpha value is -2.78. The van der Waals surface area contributed by atoms with E-state index in [2.05, 4.69) is 5.32 Å². The molecule has 0 saturated carbocycles. The van der Waals surface area contributed by atoms with E-state index in [9.17, 15) is 18.0 Å². The van der Waals surface area contributed by atoms with E-state index in [4.69, 9.17) is 34.8 Å². The fraction of sp³-hybridized carbons (Fsp3) is 0.310. The van der Waals surface area contributed by atoms with Crippen LogP contribution in [0, 0.1) is 12.8 Å². The standard InChI is InChI=1S/C29H32Cl3N3O4S/c1-19(2)16-33-29(37)21(4)34(17-22-11-12-23(30)14-27(22)32)28(36)18-35(24-13-10-20(3)26(31)15-24)40(38,39)25-8-6-5-7-9-25/h5-15,19,21H,16-18H2,1-4H3,(H,33,37)/t21-/m1/s1. The molecule has 3 aromatic carbocycles. The van der Waals surface area contributed by atoms with E-state index >= 15 is 0 Å². The normalized spacial score (nSPS) is 12.2. The Morgan fingerprint density at radius 1 is 0.900 bits per heavy atom. The molecule has 11 heteroatoms. The molecular formula is C29H32Cl3N3O4S. The van der Waals surface area contributed by atoms with Crippen LogP contribution in [0.2, 0.25) is 15.1 Å². The first kappa shape index (κ1) is 31.7. The lowest BCUT2D eigenvalue weighted by atomic mass is 10.1. The number of halogens is 3. The van der Waals surface area contributed by atoms with Crippen molar-refractivity contribution in [2.24, 2.45) is 5.92 Å². The Balaban J connectivity index is 2.05. The number of hydrogen-bond donors (Lipinski definition) is 1. The zero-order valence-electron chi connectivity index (χ0n) is 22.7. The molecule has 0 radical (unpaired) electrons. The molecule has 1 N–H and O–H groups in total. The van der Waals surface area contributed by atoms with Gasteiger partial charge in [-0.2, -0.15) is 0 Å². The zero-order chi connectivity index (χ0) is 29.6. The van der Waals surface area contributed by atoms with Crippen LogP contribution < -0.4 is 9.62 Å². The Morgan fingerprint density at radius 3 is 2.17 bits per heavy atom. The van der Waals surface area contributed by atoms with Gasteiger partial charge in [0.25, 0.3) is 10.0 Å². The fourth-order valence-electron chi connectivity index (χ4n) is 3.85. The maximum Gasteiger partial charge on any atom is 0.264 e. The van der Waals surface area contributed by atoms with E-state index < -0.39 is 28.5 Å². The van der Waals surface area contributed by atoms with Gasteiger partial charge in [0, 0.05) is 28.2 Å². The summed E-state index contributed by atoms with van der Waals surface area (Å²) in [6.07, 6.45) is 0. The predicted molar refractivity (Wildman–Crippen MR) is 161 cm³/mol. The minimum absolute atomic E-state index is 0.00881. The summed E-state index contributed by atoms with van der Waals surface area (Å²) < 4.78 is 28.6. The molecule has 0 saturated heterocycles. The minimum atomic E-state index is -4.18. The van der Waals surface area contributed by atoms with Gasteiger partial charge in [0.05, 0.1) is 10.6 Å². The first-order chi connectivity index (χ1) is 18.8. The highest BCUT2D eigenvalue weighted by molar-refractivity contribution is 7.92. The Kier molecular flexibility index (Phi) is 10.9. The maximum atomic E-state index is 14.0. The topological polar surface area (TPSA) is 86.8 Å². The van der Waals surface area contributed by atoms with Gasteiger partial charge in [-0.1, -0.05) is 79.0 Å². The van der Waals surface area contributed by atoms with Crippen molar-refractivity contribution in [2.45, 2.75) is 45.2 Å². The molecular weight excluding hydrogens is 593 g/mol. The summed E-state index contributed by atoms with van der Waals surface area (Å²) in [6, 6.07) is 16.5. The molecule has 3 aromatic rings. The van der Waals surface area contributed by atoms with Crippen LogP contribution in [0.25, 0.3) is 0 Å². The van der Waals surface area contributed by atoms with Crippen LogP contribution in [-0.2, 0) is 26.2 Å². The lowest BCUT2D eigenvalue weighted by Gasteiger charge is -2.32. The van der Waals surface area contributed by atoms with Crippen molar-refractivity contribution < 1.29 is 18.0 Å². The molecule has 3 rings (SSSR count). The summed E-state index contributed by atoms with van der Waals surface area (Å²) in [7, 11) is -4.18. The highest BCUT2D eigenvalue weighted by Gasteiger charge is 2.33. The third kappa shape index (κ3) is 7.91. The molecule has 0 spiro atoms. The number of carbonyl (C=O) groups excluding carboxylic acids is 2. The molecule has 0 aliphatic carbocycles. The third-order valence-electron chi connectivity index (χ3n) is 6.26. The Morgan fingerprint density at radius 2 is 1.57 bits per heavy atom. The predicted octanol–water partition coefficient (Wildman–Crippen LogP) is 6.34. The molecule has 0 heterocycles. The number of nitrogens with one attached hydrogen (secondary N) is 1. The van der Waals surface area contributed by atoms with Crippen LogP contribution in [0.1, 0.15) is 31.9 Å². The molecule has 40 heavy (non-hydrogen) atoms. The van der Waals surface area contributed by atoms with Crippen LogP contribution in [0.15, 0.2) is 71.6 Å². The molecule has 0 fully saturated rings. The maximum absolute atomic E-state index is 14.0. The van der Waals surface area contributed by atoms with Gasteiger partial charge in [0.2, 0.25) is 11.8 Å². The Bertz CT molecular complexity index is 1470. The van der Waals surface area contributed by atoms with E-state index in [-0.39, 0.29) is 29.0 Å². The van der Waals surface area contributed by atoms with Crippen LogP contribution >= 0.6 is 34.8 Å². The second-order valence-electron chi connectivity index (χ2n) is 9.83. The van der Waals surface area contributed by atoms with Crippen molar-refractivity contribution in [3.05, 3.63) is 92.9 Å².